The Morgan fingerprint density at radius 3 is 1.67 bits per heavy atom. The van der Waals surface area contributed by atoms with Crippen LogP contribution in [0.25, 0.3) is 0 Å². The number of anilines is 2. The molecule has 200 valence electrons. The summed E-state index contributed by atoms with van der Waals surface area (Å²) in [7, 11) is -6.69. The van der Waals surface area contributed by atoms with Gasteiger partial charge in [-0.1, -0.05) is 0 Å². The summed E-state index contributed by atoms with van der Waals surface area (Å²) in [6.45, 7) is 4.08. The molecule has 0 aliphatic carbocycles. The Morgan fingerprint density at radius 2 is 1.33 bits per heavy atom. The normalized spacial score (nSPS) is 25.7. The van der Waals surface area contributed by atoms with Gasteiger partial charge in [0.15, 0.2) is 7.60 Å². The minimum atomic E-state index is -4.47. The second-order valence-electron chi connectivity index (χ2n) is 9.15. The monoisotopic (exact) mass is 545 g/mol. The Morgan fingerprint density at radius 1 is 0.917 bits per heavy atom. The van der Waals surface area contributed by atoms with Crippen LogP contribution in [-0.4, -0.2) is 61.2 Å². The first-order valence-corrected chi connectivity index (χ1v) is 15.6. The van der Waals surface area contributed by atoms with Crippen molar-refractivity contribution in [2.45, 2.75) is 62.7 Å². The third kappa shape index (κ3) is 7.83. The fourth-order valence-electron chi connectivity index (χ4n) is 3.94. The lowest BCUT2D eigenvalue weighted by Gasteiger charge is -2.23. The molecule has 14 nitrogen and oxygen atoms in total. The van der Waals surface area contributed by atoms with Gasteiger partial charge in [-0.25, -0.2) is 9.59 Å². The van der Waals surface area contributed by atoms with Gasteiger partial charge in [0, 0.05) is 12.4 Å². The summed E-state index contributed by atoms with van der Waals surface area (Å²) in [5, 5.41) is 0. The number of hydrogen-bond donors (Lipinski definition) is 3. The van der Waals surface area contributed by atoms with E-state index in [1.54, 1.807) is 25.6 Å². The van der Waals surface area contributed by atoms with Crippen molar-refractivity contribution in [2.75, 3.05) is 24.8 Å². The van der Waals surface area contributed by atoms with Crippen LogP contribution >= 0.6 is 14.7 Å². The van der Waals surface area contributed by atoms with Gasteiger partial charge in [0.25, 0.3) is 0 Å². The maximum atomic E-state index is 11.9. The highest BCUT2D eigenvalue weighted by atomic mass is 31.2. The molecule has 2 saturated heterocycles. The van der Waals surface area contributed by atoms with E-state index in [0.717, 1.165) is 12.8 Å². The third-order valence-corrected chi connectivity index (χ3v) is 8.69. The first-order chi connectivity index (χ1) is 16.7. The molecule has 16 heteroatoms. The number of nitrogen functional groups attached to an aromatic ring is 2. The van der Waals surface area contributed by atoms with E-state index in [4.69, 9.17) is 25.8 Å². The maximum absolute atomic E-state index is 11.9. The van der Waals surface area contributed by atoms with Gasteiger partial charge in [-0.05, 0) is 51.1 Å². The molecule has 2 aliphatic rings. The third-order valence-electron chi connectivity index (χ3n) is 5.82. The molecule has 4 heterocycles. The van der Waals surface area contributed by atoms with Gasteiger partial charge in [0.1, 0.15) is 30.5 Å². The fraction of sp³-hybridized carbons (Fsp3) is 0.600. The van der Waals surface area contributed by atoms with Crippen LogP contribution in [0.15, 0.2) is 34.1 Å². The van der Waals surface area contributed by atoms with Crippen LogP contribution in [0.1, 0.15) is 25.7 Å². The van der Waals surface area contributed by atoms with E-state index in [9.17, 15) is 23.6 Å². The van der Waals surface area contributed by atoms with E-state index in [1.165, 1.54) is 21.4 Å². The highest BCUT2D eigenvalue weighted by Crippen LogP contribution is 2.49. The maximum Gasteiger partial charge on any atom is 0.349 e. The smallest absolute Gasteiger partial charge is 0.349 e. The summed E-state index contributed by atoms with van der Waals surface area (Å²) in [6, 6.07) is 3.05. The van der Waals surface area contributed by atoms with Crippen LogP contribution in [0.3, 0.4) is 0 Å². The van der Waals surface area contributed by atoms with Crippen molar-refractivity contribution in [2.24, 2.45) is 0 Å². The summed E-state index contributed by atoms with van der Waals surface area (Å²) in [4.78, 5) is 50.0. The fourth-order valence-corrected chi connectivity index (χ4v) is 5.98. The van der Waals surface area contributed by atoms with Crippen LogP contribution in [0, 0.1) is 0 Å². The zero-order valence-corrected chi connectivity index (χ0v) is 21.8. The van der Waals surface area contributed by atoms with Gasteiger partial charge in [0.05, 0.1) is 25.3 Å². The van der Waals surface area contributed by atoms with Gasteiger partial charge in [-0.3, -0.25) is 9.13 Å². The number of hydrogen-bond acceptors (Lipinski definition) is 11. The van der Waals surface area contributed by atoms with Crippen LogP contribution in [0.2, 0.25) is 0 Å². The first kappa shape index (κ1) is 28.2. The summed E-state index contributed by atoms with van der Waals surface area (Å²) in [6.07, 6.45) is 4.83. The summed E-state index contributed by atoms with van der Waals surface area (Å²) in [5.41, 5.74) is 9.88. The summed E-state index contributed by atoms with van der Waals surface area (Å²) >= 11 is 0. The minimum Gasteiger partial charge on any atom is -0.777 e. The molecule has 0 aromatic carbocycles. The Balaban J connectivity index is 0.000000201. The predicted molar refractivity (Wildman–Crippen MR) is 131 cm³/mol. The first-order valence-electron chi connectivity index (χ1n) is 11.3. The number of ether oxygens (including phenoxy) is 2. The van der Waals surface area contributed by atoms with E-state index in [-0.39, 0.29) is 42.2 Å². The number of rotatable bonds is 6. The molecule has 5 unspecified atom stereocenters. The molecule has 0 radical (unpaired) electrons. The van der Waals surface area contributed by atoms with Crippen molar-refractivity contribution in [3.63, 3.8) is 0 Å². The summed E-state index contributed by atoms with van der Waals surface area (Å²) in [5.74, 6) is -1.02. The minimum absolute atomic E-state index is 0.0775. The standard InChI is InChI=1S/C11H18N3O3P.C9H14N3O5P/c1-18(2,16)10-4-3-8(17-10)7-14-6-5-9(12)13-11(14)15;10-7-3-4-12(9(13)11-7)5-6-1-2-8(17-6)18(14,15)16/h5-6,8,10H,3-4,7H2,1-2H3,(H2,12,13,15);3-4,6,8H,1-2,5H2,(H2,10,11,13)(H2,14,15,16)/p-1. The van der Waals surface area contributed by atoms with E-state index >= 15 is 0 Å². The van der Waals surface area contributed by atoms with Crippen molar-refractivity contribution in [3.8, 4) is 0 Å². The van der Waals surface area contributed by atoms with Crippen LogP contribution in [0.4, 0.5) is 11.6 Å². The topological polar surface area (TPSA) is 218 Å². The zero-order valence-electron chi connectivity index (χ0n) is 20.0. The van der Waals surface area contributed by atoms with Crippen molar-refractivity contribution < 1.29 is 28.4 Å². The Bertz CT molecular complexity index is 1170. The molecule has 5 atom stereocenters. The van der Waals surface area contributed by atoms with E-state index in [2.05, 4.69) is 9.97 Å². The zero-order chi connectivity index (χ0) is 26.7. The Labute approximate surface area is 207 Å². The van der Waals surface area contributed by atoms with Gasteiger partial charge in [-0.15, -0.1) is 0 Å². The summed E-state index contributed by atoms with van der Waals surface area (Å²) < 4.78 is 36.5. The van der Waals surface area contributed by atoms with Crippen molar-refractivity contribution >= 4 is 26.4 Å². The van der Waals surface area contributed by atoms with E-state index in [0.29, 0.717) is 13.0 Å². The van der Waals surface area contributed by atoms with Gasteiger partial charge < -0.3 is 39.9 Å². The van der Waals surface area contributed by atoms with Gasteiger partial charge >= 0.3 is 11.4 Å². The number of nitrogens with two attached hydrogens (primary N) is 2. The van der Waals surface area contributed by atoms with Crippen LogP contribution < -0.4 is 27.7 Å². The molecular formula is C20H31N6O8P2-. The SMILES string of the molecule is CP(C)(=O)C1CCC(Cn2ccc(N)nc2=O)O1.Nc1ccn(CC2CCC(P(=O)([O-])O)O2)c(=O)n1. The molecule has 5 N–H and O–H groups in total. The molecule has 4 rings (SSSR count). The Kier molecular flexibility index (Phi) is 8.92. The lowest BCUT2D eigenvalue weighted by molar-refractivity contribution is -0.204. The molecule has 2 aliphatic heterocycles. The predicted octanol–water partition coefficient (Wildman–Crippen LogP) is -0.170. The van der Waals surface area contributed by atoms with Crippen molar-refractivity contribution in [1.29, 1.82) is 0 Å². The van der Waals surface area contributed by atoms with Gasteiger partial charge in [-0.2, -0.15) is 9.97 Å². The average Bonchev–Trinajstić information content (AvgIpc) is 3.42. The van der Waals surface area contributed by atoms with Crippen molar-refractivity contribution in [1.82, 2.24) is 19.1 Å². The lowest BCUT2D eigenvalue weighted by atomic mass is 10.2. The molecule has 2 fully saturated rings. The molecule has 0 amide bonds. The van der Waals surface area contributed by atoms with Crippen molar-refractivity contribution in [3.05, 3.63) is 45.5 Å². The second-order valence-corrected chi connectivity index (χ2v) is 14.3. The molecule has 0 bridgehead atoms. The molecule has 36 heavy (non-hydrogen) atoms. The van der Waals surface area contributed by atoms with E-state index < -0.39 is 32.4 Å². The second kappa shape index (κ2) is 11.4. The highest BCUT2D eigenvalue weighted by molar-refractivity contribution is 7.62. The largest absolute Gasteiger partial charge is 0.777 e. The molecule has 0 saturated carbocycles. The average molecular weight is 545 g/mol. The molecule has 2 aromatic heterocycles. The van der Waals surface area contributed by atoms with Crippen LogP contribution in [-0.2, 0) is 31.7 Å². The lowest BCUT2D eigenvalue weighted by Crippen LogP contribution is -2.29. The number of aromatic nitrogens is 4. The highest BCUT2D eigenvalue weighted by Gasteiger charge is 2.34. The van der Waals surface area contributed by atoms with E-state index in [1.807, 2.05) is 0 Å². The molecule has 2 aromatic rings. The molecular weight excluding hydrogens is 514 g/mol. The number of nitrogens with zero attached hydrogens (tertiary/aromatic N) is 4. The quantitative estimate of drug-likeness (QED) is 0.403. The Hall–Kier alpha value is -2.34. The van der Waals surface area contributed by atoms with Gasteiger partial charge in [0.2, 0.25) is 0 Å². The molecule has 0 spiro atoms. The van der Waals surface area contributed by atoms with Crippen LogP contribution in [0.5, 0.6) is 0 Å².